The maximum absolute atomic E-state index is 13.1. The molecule has 3 aromatic rings. The molecule has 0 atom stereocenters. The Morgan fingerprint density at radius 2 is 1.89 bits per heavy atom. The molecule has 19 heavy (non-hydrogen) atoms. The number of aromatic amines is 1. The Balaban J connectivity index is 1.97. The number of H-pyrrole nitrogens is 1. The zero-order valence-corrected chi connectivity index (χ0v) is 11.0. The van der Waals surface area contributed by atoms with Gasteiger partial charge in [-0.15, -0.1) is 0 Å². The van der Waals surface area contributed by atoms with Crippen LogP contribution in [0.1, 0.15) is 22.5 Å². The van der Waals surface area contributed by atoms with Gasteiger partial charge in [0.2, 0.25) is 0 Å². The quantitative estimate of drug-likeness (QED) is 0.738. The molecule has 0 fully saturated rings. The molecule has 0 aliphatic heterocycles. The average molecular weight is 254 g/mol. The molecule has 0 amide bonds. The van der Waals surface area contributed by atoms with Crippen molar-refractivity contribution in [2.24, 2.45) is 0 Å². The third-order valence-electron chi connectivity index (χ3n) is 3.41. The highest BCUT2D eigenvalue weighted by molar-refractivity contribution is 5.77. The highest BCUT2D eigenvalue weighted by atomic mass is 19.1. The molecule has 3 rings (SSSR count). The van der Waals surface area contributed by atoms with Crippen molar-refractivity contribution < 1.29 is 4.39 Å². The van der Waals surface area contributed by atoms with Gasteiger partial charge in [-0.2, -0.15) is 0 Å². The number of fused-ring (bicyclic) bond motifs is 1. The molecule has 1 aromatic heterocycles. The molecule has 0 bridgehead atoms. The van der Waals surface area contributed by atoms with Crippen LogP contribution in [0, 0.1) is 19.7 Å². The van der Waals surface area contributed by atoms with E-state index < -0.39 is 0 Å². The Kier molecular flexibility index (Phi) is 2.82. The van der Waals surface area contributed by atoms with Crippen LogP contribution < -0.4 is 0 Å². The second-order valence-electron chi connectivity index (χ2n) is 4.94. The molecule has 2 nitrogen and oxygen atoms in total. The van der Waals surface area contributed by atoms with Crippen molar-refractivity contribution in [1.29, 1.82) is 0 Å². The van der Waals surface area contributed by atoms with Crippen LogP contribution in [-0.2, 0) is 6.42 Å². The number of hydrogen-bond donors (Lipinski definition) is 1. The molecule has 2 aromatic carbocycles. The lowest BCUT2D eigenvalue weighted by molar-refractivity contribution is 0.626. The molecular formula is C16H15FN2. The van der Waals surface area contributed by atoms with E-state index in [9.17, 15) is 4.39 Å². The Morgan fingerprint density at radius 1 is 1.11 bits per heavy atom. The van der Waals surface area contributed by atoms with Crippen molar-refractivity contribution in [3.63, 3.8) is 0 Å². The second kappa shape index (κ2) is 4.50. The summed E-state index contributed by atoms with van der Waals surface area (Å²) in [5.41, 5.74) is 5.40. The summed E-state index contributed by atoms with van der Waals surface area (Å²) in [5, 5.41) is 0. The minimum absolute atomic E-state index is 0.208. The molecule has 96 valence electrons. The van der Waals surface area contributed by atoms with Gasteiger partial charge in [0.1, 0.15) is 11.6 Å². The van der Waals surface area contributed by atoms with Crippen LogP contribution in [0.2, 0.25) is 0 Å². The van der Waals surface area contributed by atoms with E-state index in [-0.39, 0.29) is 5.82 Å². The molecule has 0 saturated heterocycles. The highest BCUT2D eigenvalue weighted by Crippen LogP contribution is 2.18. The van der Waals surface area contributed by atoms with Crippen molar-refractivity contribution in [1.82, 2.24) is 9.97 Å². The fourth-order valence-corrected chi connectivity index (χ4v) is 2.25. The van der Waals surface area contributed by atoms with Crippen LogP contribution >= 0.6 is 0 Å². The summed E-state index contributed by atoms with van der Waals surface area (Å²) >= 11 is 0. The van der Waals surface area contributed by atoms with E-state index in [2.05, 4.69) is 35.9 Å². The summed E-state index contributed by atoms with van der Waals surface area (Å²) < 4.78 is 13.1. The van der Waals surface area contributed by atoms with Crippen molar-refractivity contribution in [2.45, 2.75) is 20.3 Å². The zero-order chi connectivity index (χ0) is 13.4. The summed E-state index contributed by atoms with van der Waals surface area (Å²) in [5.74, 6) is 0.658. The fraction of sp³-hybridized carbons (Fsp3) is 0.188. The molecular weight excluding hydrogens is 239 g/mol. The van der Waals surface area contributed by atoms with Gasteiger partial charge < -0.3 is 4.98 Å². The lowest BCUT2D eigenvalue weighted by atomic mass is 10.1. The van der Waals surface area contributed by atoms with Crippen molar-refractivity contribution in [3.05, 3.63) is 64.7 Å². The Hall–Kier alpha value is -2.16. The van der Waals surface area contributed by atoms with Gasteiger partial charge in [-0.1, -0.05) is 12.1 Å². The van der Waals surface area contributed by atoms with Gasteiger partial charge in [-0.25, -0.2) is 9.37 Å². The van der Waals surface area contributed by atoms with Gasteiger partial charge in [0.05, 0.1) is 11.0 Å². The van der Waals surface area contributed by atoms with Crippen LogP contribution in [-0.4, -0.2) is 9.97 Å². The van der Waals surface area contributed by atoms with E-state index in [0.29, 0.717) is 6.42 Å². The average Bonchev–Trinajstić information content (AvgIpc) is 2.71. The predicted molar refractivity (Wildman–Crippen MR) is 74.8 cm³/mol. The van der Waals surface area contributed by atoms with Crippen LogP contribution in [0.5, 0.6) is 0 Å². The summed E-state index contributed by atoms with van der Waals surface area (Å²) in [6.45, 7) is 4.16. The molecule has 3 heteroatoms. The number of benzene rings is 2. The number of nitrogens with one attached hydrogen (secondary N) is 1. The second-order valence-corrected chi connectivity index (χ2v) is 4.94. The number of aromatic nitrogens is 2. The molecule has 1 N–H and O–H groups in total. The number of aryl methyl sites for hydroxylation is 2. The molecule has 0 unspecified atom stereocenters. The number of imidazole rings is 1. The van der Waals surface area contributed by atoms with E-state index >= 15 is 0 Å². The summed E-state index contributed by atoms with van der Waals surface area (Å²) in [7, 11) is 0. The van der Waals surface area contributed by atoms with Crippen molar-refractivity contribution in [2.75, 3.05) is 0 Å². The normalized spacial score (nSPS) is 11.1. The Labute approximate surface area is 111 Å². The number of halogens is 1. The van der Waals surface area contributed by atoms with E-state index in [0.717, 1.165) is 22.4 Å². The molecule has 0 spiro atoms. The van der Waals surface area contributed by atoms with Gasteiger partial charge in [0, 0.05) is 6.42 Å². The van der Waals surface area contributed by atoms with Gasteiger partial charge in [0.25, 0.3) is 0 Å². The maximum atomic E-state index is 13.1. The highest BCUT2D eigenvalue weighted by Gasteiger charge is 2.06. The van der Waals surface area contributed by atoms with E-state index in [4.69, 9.17) is 0 Å². The lowest BCUT2D eigenvalue weighted by Crippen LogP contribution is -1.91. The third-order valence-corrected chi connectivity index (χ3v) is 3.41. The molecule has 0 aliphatic carbocycles. The fourth-order valence-electron chi connectivity index (χ4n) is 2.25. The van der Waals surface area contributed by atoms with Gasteiger partial charge in [-0.05, 0) is 54.8 Å². The topological polar surface area (TPSA) is 28.7 Å². The SMILES string of the molecule is Cc1cc2nc(Cc3cccc(F)c3)[nH]c2cc1C. The van der Waals surface area contributed by atoms with Crippen LogP contribution in [0.25, 0.3) is 11.0 Å². The summed E-state index contributed by atoms with van der Waals surface area (Å²) in [6.07, 6.45) is 0.616. The van der Waals surface area contributed by atoms with Crippen molar-refractivity contribution in [3.8, 4) is 0 Å². The molecule has 0 saturated carbocycles. The summed E-state index contributed by atoms with van der Waals surface area (Å²) in [4.78, 5) is 7.86. The number of hydrogen-bond acceptors (Lipinski definition) is 1. The van der Waals surface area contributed by atoms with Crippen LogP contribution in [0.3, 0.4) is 0 Å². The molecule has 0 aliphatic rings. The standard InChI is InChI=1S/C16H15FN2/c1-10-6-14-15(7-11(10)2)19-16(18-14)9-12-4-3-5-13(17)8-12/h3-8H,9H2,1-2H3,(H,18,19). The smallest absolute Gasteiger partial charge is 0.123 e. The van der Waals surface area contributed by atoms with Gasteiger partial charge in [-0.3, -0.25) is 0 Å². The van der Waals surface area contributed by atoms with E-state index in [1.807, 2.05) is 6.07 Å². The first-order chi connectivity index (χ1) is 9.11. The Bertz CT molecular complexity index is 705. The zero-order valence-electron chi connectivity index (χ0n) is 11.0. The van der Waals surface area contributed by atoms with Crippen LogP contribution in [0.4, 0.5) is 4.39 Å². The predicted octanol–water partition coefficient (Wildman–Crippen LogP) is 3.91. The molecule has 0 radical (unpaired) electrons. The third kappa shape index (κ3) is 2.36. The van der Waals surface area contributed by atoms with E-state index in [1.165, 1.54) is 17.2 Å². The first-order valence-electron chi connectivity index (χ1n) is 6.32. The molecule has 1 heterocycles. The van der Waals surface area contributed by atoms with E-state index in [1.54, 1.807) is 12.1 Å². The largest absolute Gasteiger partial charge is 0.342 e. The minimum Gasteiger partial charge on any atom is -0.342 e. The van der Waals surface area contributed by atoms with Gasteiger partial charge in [0.15, 0.2) is 0 Å². The summed E-state index contributed by atoms with van der Waals surface area (Å²) in [6, 6.07) is 10.8. The first-order valence-corrected chi connectivity index (χ1v) is 6.32. The van der Waals surface area contributed by atoms with Gasteiger partial charge >= 0.3 is 0 Å². The maximum Gasteiger partial charge on any atom is 0.123 e. The number of rotatable bonds is 2. The monoisotopic (exact) mass is 254 g/mol. The minimum atomic E-state index is -0.208. The Morgan fingerprint density at radius 3 is 2.68 bits per heavy atom. The van der Waals surface area contributed by atoms with Crippen molar-refractivity contribution >= 4 is 11.0 Å². The lowest BCUT2D eigenvalue weighted by Gasteiger charge is -1.97. The first kappa shape index (κ1) is 11.9. The van der Waals surface area contributed by atoms with Crippen LogP contribution in [0.15, 0.2) is 36.4 Å². The number of nitrogens with zero attached hydrogens (tertiary/aromatic N) is 1.